The van der Waals surface area contributed by atoms with Crippen LogP contribution in [0.2, 0.25) is 0 Å². The molecule has 0 saturated heterocycles. The van der Waals surface area contributed by atoms with Crippen LogP contribution < -0.4 is 0 Å². The number of phenols is 1. The largest absolute Gasteiger partial charge is 0.506 e. The highest BCUT2D eigenvalue weighted by molar-refractivity contribution is 5.52. The van der Waals surface area contributed by atoms with Crippen molar-refractivity contribution in [2.45, 2.75) is 27.2 Å². The number of hydrogen-bond acceptors (Lipinski definition) is 3. The summed E-state index contributed by atoms with van der Waals surface area (Å²) in [4.78, 5) is 0. The number of aromatic hydroxyl groups is 1. The zero-order valence-corrected chi connectivity index (χ0v) is 11.7. The van der Waals surface area contributed by atoms with E-state index in [4.69, 9.17) is 0 Å². The van der Waals surface area contributed by atoms with Gasteiger partial charge in [0.15, 0.2) is 0 Å². The van der Waals surface area contributed by atoms with Gasteiger partial charge >= 0.3 is 0 Å². The van der Waals surface area contributed by atoms with Crippen molar-refractivity contribution in [3.63, 3.8) is 0 Å². The number of azo groups is 1. The lowest BCUT2D eigenvalue weighted by Gasteiger charge is -2.01. The van der Waals surface area contributed by atoms with Gasteiger partial charge in [-0.3, -0.25) is 0 Å². The molecule has 1 aromatic rings. The van der Waals surface area contributed by atoms with Crippen molar-refractivity contribution in [2.24, 2.45) is 10.2 Å². The molecule has 0 spiro atoms. The minimum Gasteiger partial charge on any atom is -0.506 e. The maximum absolute atomic E-state index is 9.74. The van der Waals surface area contributed by atoms with Crippen molar-refractivity contribution in [3.05, 3.63) is 59.8 Å². The molecule has 0 aliphatic carbocycles. The van der Waals surface area contributed by atoms with Gasteiger partial charge in [-0.2, -0.15) is 5.11 Å². The van der Waals surface area contributed by atoms with E-state index in [-0.39, 0.29) is 5.75 Å². The Balaban J connectivity index is 3.01. The van der Waals surface area contributed by atoms with E-state index >= 15 is 0 Å². The third-order valence-electron chi connectivity index (χ3n) is 2.52. The summed E-state index contributed by atoms with van der Waals surface area (Å²) in [6.45, 7) is 5.93. The molecule has 0 fully saturated rings. The van der Waals surface area contributed by atoms with Crippen LogP contribution in [-0.2, 0) is 6.42 Å². The van der Waals surface area contributed by atoms with E-state index in [1.165, 1.54) is 0 Å². The minimum atomic E-state index is 0.145. The third kappa shape index (κ3) is 4.92. The van der Waals surface area contributed by atoms with E-state index in [1.54, 1.807) is 6.07 Å². The average molecular weight is 256 g/mol. The van der Waals surface area contributed by atoms with Crippen LogP contribution in [0.5, 0.6) is 5.75 Å². The molecule has 0 unspecified atom stereocenters. The molecule has 0 aliphatic rings. The van der Waals surface area contributed by atoms with Crippen molar-refractivity contribution in [1.82, 2.24) is 0 Å². The SMILES string of the molecule is C\C=C/C=C(\C=C/C)N=Nc1cc(CC)ccc1O. The first-order valence-corrected chi connectivity index (χ1v) is 6.40. The van der Waals surface area contributed by atoms with Crippen LogP contribution in [0.1, 0.15) is 26.3 Å². The molecule has 0 saturated carbocycles. The highest BCUT2D eigenvalue weighted by Crippen LogP contribution is 2.28. The molecule has 0 atom stereocenters. The Kier molecular flexibility index (Phi) is 6.30. The van der Waals surface area contributed by atoms with Crippen LogP contribution in [0.3, 0.4) is 0 Å². The first-order valence-electron chi connectivity index (χ1n) is 6.40. The minimum absolute atomic E-state index is 0.145. The van der Waals surface area contributed by atoms with Crippen LogP contribution in [0, 0.1) is 0 Å². The summed E-state index contributed by atoms with van der Waals surface area (Å²) < 4.78 is 0. The number of benzene rings is 1. The Morgan fingerprint density at radius 2 is 2.05 bits per heavy atom. The number of allylic oxidation sites excluding steroid dienone is 5. The summed E-state index contributed by atoms with van der Waals surface area (Å²) in [6, 6.07) is 5.39. The Bertz CT molecular complexity index is 526. The molecule has 3 heteroatoms. The van der Waals surface area contributed by atoms with E-state index in [1.807, 2.05) is 56.4 Å². The van der Waals surface area contributed by atoms with Crippen LogP contribution in [0.25, 0.3) is 0 Å². The molecule has 1 aromatic carbocycles. The van der Waals surface area contributed by atoms with E-state index in [0.29, 0.717) is 5.69 Å². The summed E-state index contributed by atoms with van der Waals surface area (Å²) in [5.41, 5.74) is 2.36. The molecule has 0 amide bonds. The lowest BCUT2D eigenvalue weighted by atomic mass is 10.1. The second kappa shape index (κ2) is 8.03. The molecule has 3 nitrogen and oxygen atoms in total. The fourth-order valence-electron chi connectivity index (χ4n) is 1.47. The maximum atomic E-state index is 9.74. The zero-order valence-electron chi connectivity index (χ0n) is 11.7. The van der Waals surface area contributed by atoms with Crippen LogP contribution >= 0.6 is 0 Å². The van der Waals surface area contributed by atoms with Crippen molar-refractivity contribution in [3.8, 4) is 5.75 Å². The Labute approximate surface area is 114 Å². The van der Waals surface area contributed by atoms with Gasteiger partial charge in [-0.25, -0.2) is 0 Å². The number of rotatable bonds is 5. The van der Waals surface area contributed by atoms with Crippen molar-refractivity contribution < 1.29 is 5.11 Å². The van der Waals surface area contributed by atoms with Gasteiger partial charge in [0.05, 0.1) is 5.70 Å². The number of hydrogen-bond donors (Lipinski definition) is 1. The fourth-order valence-corrected chi connectivity index (χ4v) is 1.47. The highest BCUT2D eigenvalue weighted by atomic mass is 16.3. The third-order valence-corrected chi connectivity index (χ3v) is 2.52. The van der Waals surface area contributed by atoms with Gasteiger partial charge in [0.25, 0.3) is 0 Å². The lowest BCUT2D eigenvalue weighted by molar-refractivity contribution is 0.476. The Morgan fingerprint density at radius 1 is 1.26 bits per heavy atom. The van der Waals surface area contributed by atoms with Crippen LogP contribution in [0.15, 0.2) is 64.5 Å². The van der Waals surface area contributed by atoms with Gasteiger partial charge in [-0.1, -0.05) is 31.2 Å². The topological polar surface area (TPSA) is 45.0 Å². The van der Waals surface area contributed by atoms with Crippen molar-refractivity contribution in [1.29, 1.82) is 0 Å². The van der Waals surface area contributed by atoms with Crippen LogP contribution in [-0.4, -0.2) is 5.11 Å². The summed E-state index contributed by atoms with van der Waals surface area (Å²) >= 11 is 0. The first kappa shape index (κ1) is 14.9. The molecule has 0 radical (unpaired) electrons. The van der Waals surface area contributed by atoms with Gasteiger partial charge in [0.1, 0.15) is 11.4 Å². The fraction of sp³-hybridized carbons (Fsp3) is 0.250. The molecule has 1 rings (SSSR count). The lowest BCUT2D eigenvalue weighted by Crippen LogP contribution is -1.78. The summed E-state index contributed by atoms with van der Waals surface area (Å²) in [5.74, 6) is 0.145. The number of nitrogens with zero attached hydrogens (tertiary/aromatic N) is 2. The highest BCUT2D eigenvalue weighted by Gasteiger charge is 2.00. The maximum Gasteiger partial charge on any atom is 0.143 e. The van der Waals surface area contributed by atoms with Crippen LogP contribution in [0.4, 0.5) is 5.69 Å². The van der Waals surface area contributed by atoms with Gasteiger partial charge in [0, 0.05) is 0 Å². The quantitative estimate of drug-likeness (QED) is 0.579. The molecule has 0 aliphatic heterocycles. The van der Waals surface area contributed by atoms with E-state index in [2.05, 4.69) is 17.2 Å². The molecule has 100 valence electrons. The monoisotopic (exact) mass is 256 g/mol. The van der Waals surface area contributed by atoms with Gasteiger partial charge in [0.2, 0.25) is 0 Å². The standard InChI is InChI=1S/C16H20N2O/c1-4-7-9-14(8-5-2)17-18-15-12-13(6-3)10-11-16(15)19/h4-5,7-12,19H,6H2,1-3H3/b7-4-,8-5-,14-9+,18-17?. The van der Waals surface area contributed by atoms with Gasteiger partial charge < -0.3 is 5.11 Å². The molecular formula is C16H20N2O. The average Bonchev–Trinajstić information content (AvgIpc) is 2.43. The Hall–Kier alpha value is -2.16. The predicted molar refractivity (Wildman–Crippen MR) is 79.7 cm³/mol. The van der Waals surface area contributed by atoms with E-state index in [0.717, 1.165) is 17.7 Å². The predicted octanol–water partition coefficient (Wildman–Crippen LogP) is 5.07. The number of phenolic OH excluding ortho intramolecular Hbond substituents is 1. The zero-order chi connectivity index (χ0) is 14.1. The van der Waals surface area contributed by atoms with Gasteiger partial charge in [-0.05, 0) is 50.1 Å². The summed E-state index contributed by atoms with van der Waals surface area (Å²) in [5, 5.41) is 18.0. The molecular weight excluding hydrogens is 236 g/mol. The molecule has 19 heavy (non-hydrogen) atoms. The second-order valence-electron chi connectivity index (χ2n) is 3.99. The van der Waals surface area contributed by atoms with Gasteiger partial charge in [-0.15, -0.1) is 5.11 Å². The second-order valence-corrected chi connectivity index (χ2v) is 3.99. The van der Waals surface area contributed by atoms with Crippen molar-refractivity contribution >= 4 is 5.69 Å². The van der Waals surface area contributed by atoms with E-state index < -0.39 is 0 Å². The van der Waals surface area contributed by atoms with E-state index in [9.17, 15) is 5.11 Å². The smallest absolute Gasteiger partial charge is 0.143 e. The molecule has 0 heterocycles. The summed E-state index contributed by atoms with van der Waals surface area (Å²) in [7, 11) is 0. The molecule has 0 bridgehead atoms. The molecule has 0 aromatic heterocycles. The molecule has 1 N–H and O–H groups in total. The normalized spacial score (nSPS) is 13.1. The van der Waals surface area contributed by atoms with Crippen molar-refractivity contribution in [2.75, 3.05) is 0 Å². The summed E-state index contributed by atoms with van der Waals surface area (Å²) in [6.07, 6.45) is 10.4. The Morgan fingerprint density at radius 3 is 2.68 bits per heavy atom. The number of aryl methyl sites for hydroxylation is 1. The first-order chi connectivity index (χ1) is 9.21.